The van der Waals surface area contributed by atoms with Gasteiger partial charge in [0, 0.05) is 23.3 Å². The first-order valence-electron chi connectivity index (χ1n) is 12.2. The van der Waals surface area contributed by atoms with Crippen LogP contribution < -0.4 is 0 Å². The zero-order chi connectivity index (χ0) is 20.4. The van der Waals surface area contributed by atoms with Gasteiger partial charge in [-0.2, -0.15) is 0 Å². The second kappa shape index (κ2) is 5.38. The molecule has 6 fully saturated rings. The van der Waals surface area contributed by atoms with E-state index in [0.29, 0.717) is 28.1 Å². The molecule has 0 unspecified atom stereocenters. The lowest BCUT2D eigenvalue weighted by atomic mass is 9.42. The monoisotopic (exact) mass is 397 g/mol. The molecule has 0 aromatic carbocycles. The van der Waals surface area contributed by atoms with Crippen LogP contribution in [0.5, 0.6) is 0 Å². The van der Waals surface area contributed by atoms with Crippen LogP contribution in [-0.4, -0.2) is 37.1 Å². The summed E-state index contributed by atoms with van der Waals surface area (Å²) in [5.74, 6) is 1.98. The van der Waals surface area contributed by atoms with Crippen molar-refractivity contribution in [1.82, 2.24) is 4.90 Å². The topological polar surface area (TPSA) is 29.5 Å². The van der Waals surface area contributed by atoms with E-state index in [1.807, 2.05) is 0 Å². The number of allylic oxidation sites excluding steroid dienone is 2. The van der Waals surface area contributed by atoms with Gasteiger partial charge >= 0.3 is 0 Å². The van der Waals surface area contributed by atoms with Gasteiger partial charge in [-0.15, -0.1) is 0 Å². The summed E-state index contributed by atoms with van der Waals surface area (Å²) in [7, 11) is 2.27. The van der Waals surface area contributed by atoms with Crippen LogP contribution in [0.3, 0.4) is 0 Å². The predicted molar refractivity (Wildman–Crippen MR) is 114 cm³/mol. The molecule has 0 aromatic rings. The molecule has 0 aromatic heterocycles. The van der Waals surface area contributed by atoms with E-state index in [-0.39, 0.29) is 10.8 Å². The minimum absolute atomic E-state index is 0.0979. The number of rotatable bonds is 0. The zero-order valence-corrected chi connectivity index (χ0v) is 19.1. The minimum atomic E-state index is 0.0979. The van der Waals surface area contributed by atoms with Gasteiger partial charge in [0.25, 0.3) is 0 Å². The van der Waals surface area contributed by atoms with E-state index in [1.165, 1.54) is 44.9 Å². The summed E-state index contributed by atoms with van der Waals surface area (Å²) in [6, 6.07) is 0.688. The fourth-order valence-corrected chi connectivity index (χ4v) is 10.8. The lowest BCUT2D eigenvalue weighted by Crippen LogP contribution is -2.63. The SMILES string of the molecule is C/C=C1\C(=O)C[C@]2(C)[C@H]3CC[C@@H]4[C@]5(C)COCN(C)[C@H]5CC[C@@]45C[C@@]35CC[C@@]12C. The molecule has 5 saturated carbocycles. The number of carbonyl (C=O) groups is 1. The number of nitrogens with zero attached hydrogens (tertiary/aromatic N) is 1. The van der Waals surface area contributed by atoms with E-state index in [1.54, 1.807) is 0 Å². The van der Waals surface area contributed by atoms with Gasteiger partial charge in [0.1, 0.15) is 0 Å². The number of ether oxygens (including phenoxy) is 1. The highest BCUT2D eigenvalue weighted by molar-refractivity contribution is 6.00. The van der Waals surface area contributed by atoms with Crippen molar-refractivity contribution in [2.24, 2.45) is 38.9 Å². The van der Waals surface area contributed by atoms with E-state index in [0.717, 1.165) is 37.2 Å². The molecule has 3 heteroatoms. The molecule has 0 amide bonds. The van der Waals surface area contributed by atoms with Gasteiger partial charge < -0.3 is 4.74 Å². The maximum atomic E-state index is 13.0. The number of carbonyl (C=O) groups excluding carboxylic acids is 1. The standard InChI is InChI=1S/C26H39NO2/c1-6-17-18(28)13-24(4)20-8-7-19-22(2)15-29-16-27(5)21(22)9-10-25(19)14-26(20,25)12-11-23(17,24)3/h6,19-21H,7-16H2,1-5H3/b17-6+/t19-,20-,21+,22+,23+,24-,25-,26+/m1/s1. The highest BCUT2D eigenvalue weighted by atomic mass is 16.5. The highest BCUT2D eigenvalue weighted by Gasteiger charge is 2.82. The van der Waals surface area contributed by atoms with Crippen molar-refractivity contribution in [1.29, 1.82) is 0 Å². The van der Waals surface area contributed by atoms with E-state index >= 15 is 0 Å². The van der Waals surface area contributed by atoms with E-state index in [4.69, 9.17) is 4.74 Å². The molecule has 5 aliphatic carbocycles. The molecule has 29 heavy (non-hydrogen) atoms. The lowest BCUT2D eigenvalue weighted by Gasteiger charge is -2.64. The quantitative estimate of drug-likeness (QED) is 0.526. The van der Waals surface area contributed by atoms with Crippen molar-refractivity contribution in [2.75, 3.05) is 20.4 Å². The van der Waals surface area contributed by atoms with Crippen molar-refractivity contribution >= 4 is 5.78 Å². The molecule has 6 aliphatic rings. The highest BCUT2D eigenvalue weighted by Crippen LogP contribution is 2.88. The van der Waals surface area contributed by atoms with Crippen molar-refractivity contribution in [2.45, 2.75) is 85.1 Å². The normalized spacial score (nSPS) is 60.1. The number of hydrogen-bond donors (Lipinski definition) is 0. The predicted octanol–water partition coefficient (Wildman–Crippen LogP) is 5.20. The van der Waals surface area contributed by atoms with Gasteiger partial charge in [-0.3, -0.25) is 9.69 Å². The van der Waals surface area contributed by atoms with Crippen LogP contribution in [0, 0.1) is 38.9 Å². The van der Waals surface area contributed by atoms with Crippen molar-refractivity contribution in [3.05, 3.63) is 11.6 Å². The zero-order valence-electron chi connectivity index (χ0n) is 19.1. The Bertz CT molecular complexity index is 820. The average molecular weight is 398 g/mol. The second-order valence-corrected chi connectivity index (χ2v) is 12.5. The van der Waals surface area contributed by atoms with Crippen molar-refractivity contribution < 1.29 is 9.53 Å². The third kappa shape index (κ3) is 1.85. The first-order valence-corrected chi connectivity index (χ1v) is 12.2. The first kappa shape index (κ1) is 19.0. The molecular weight excluding hydrogens is 358 g/mol. The minimum Gasteiger partial charge on any atom is -0.365 e. The number of Topliss-reactive ketones (excluding diaryl/α,β-unsaturated/α-hetero) is 1. The van der Waals surface area contributed by atoms with Crippen LogP contribution >= 0.6 is 0 Å². The molecule has 160 valence electrons. The summed E-state index contributed by atoms with van der Waals surface area (Å²) in [6.45, 7) is 11.3. The van der Waals surface area contributed by atoms with Crippen LogP contribution in [0.25, 0.3) is 0 Å². The third-order valence-corrected chi connectivity index (χ3v) is 12.0. The molecule has 2 spiro atoms. The first-order chi connectivity index (χ1) is 13.7. The Morgan fingerprint density at radius 1 is 1.03 bits per heavy atom. The van der Waals surface area contributed by atoms with Gasteiger partial charge in [0.15, 0.2) is 5.78 Å². The number of ketones is 1. The maximum Gasteiger partial charge on any atom is 0.159 e. The summed E-state index contributed by atoms with van der Waals surface area (Å²) < 4.78 is 6.12. The van der Waals surface area contributed by atoms with Gasteiger partial charge in [0.2, 0.25) is 0 Å². The molecule has 3 nitrogen and oxygen atoms in total. The Hall–Kier alpha value is -0.670. The average Bonchev–Trinajstić information content (AvgIpc) is 3.27. The second-order valence-electron chi connectivity index (χ2n) is 12.5. The fraction of sp³-hybridized carbons (Fsp3) is 0.885. The molecule has 6 rings (SSSR count). The summed E-state index contributed by atoms with van der Waals surface area (Å²) in [5, 5.41) is 0. The Morgan fingerprint density at radius 3 is 2.52 bits per heavy atom. The van der Waals surface area contributed by atoms with Gasteiger partial charge in [-0.25, -0.2) is 0 Å². The molecule has 1 aliphatic heterocycles. The van der Waals surface area contributed by atoms with Crippen molar-refractivity contribution in [3.63, 3.8) is 0 Å². The molecular formula is C26H39NO2. The lowest BCUT2D eigenvalue weighted by molar-refractivity contribution is -0.198. The van der Waals surface area contributed by atoms with Gasteiger partial charge in [-0.1, -0.05) is 26.8 Å². The van der Waals surface area contributed by atoms with Crippen LogP contribution in [0.1, 0.15) is 79.1 Å². The van der Waals surface area contributed by atoms with Crippen LogP contribution in [0.2, 0.25) is 0 Å². The Morgan fingerprint density at radius 2 is 1.76 bits per heavy atom. The molecule has 8 atom stereocenters. The fourth-order valence-electron chi connectivity index (χ4n) is 10.8. The van der Waals surface area contributed by atoms with E-state index in [2.05, 4.69) is 45.7 Å². The third-order valence-electron chi connectivity index (χ3n) is 12.0. The summed E-state index contributed by atoms with van der Waals surface area (Å²) in [5.41, 5.74) is 2.77. The molecule has 0 radical (unpaired) electrons. The summed E-state index contributed by atoms with van der Waals surface area (Å²) in [4.78, 5) is 15.5. The van der Waals surface area contributed by atoms with Gasteiger partial charge in [-0.05, 0) is 92.6 Å². The van der Waals surface area contributed by atoms with Gasteiger partial charge in [0.05, 0.1) is 13.3 Å². The maximum absolute atomic E-state index is 13.0. The molecule has 1 heterocycles. The molecule has 0 N–H and O–H groups in total. The van der Waals surface area contributed by atoms with E-state index < -0.39 is 0 Å². The Balaban J connectivity index is 1.41. The Labute approximate surface area is 176 Å². The van der Waals surface area contributed by atoms with Crippen molar-refractivity contribution in [3.8, 4) is 0 Å². The summed E-state index contributed by atoms with van der Waals surface area (Å²) >= 11 is 0. The Kier molecular flexibility index (Phi) is 3.54. The van der Waals surface area contributed by atoms with Crippen LogP contribution in [0.4, 0.5) is 0 Å². The number of hydrogen-bond acceptors (Lipinski definition) is 3. The smallest absolute Gasteiger partial charge is 0.159 e. The number of fused-ring (bicyclic) bond motifs is 4. The largest absolute Gasteiger partial charge is 0.365 e. The summed E-state index contributed by atoms with van der Waals surface area (Å²) in [6.07, 6.45) is 12.4. The molecule has 0 bridgehead atoms. The van der Waals surface area contributed by atoms with Crippen LogP contribution in [-0.2, 0) is 9.53 Å². The molecule has 1 saturated heterocycles. The van der Waals surface area contributed by atoms with E-state index in [9.17, 15) is 4.79 Å². The van der Waals surface area contributed by atoms with Crippen LogP contribution in [0.15, 0.2) is 11.6 Å².